The van der Waals surface area contributed by atoms with Gasteiger partial charge in [0.25, 0.3) is 0 Å². The van der Waals surface area contributed by atoms with Crippen molar-refractivity contribution in [2.75, 3.05) is 14.2 Å². The molecule has 1 aliphatic rings. The van der Waals surface area contributed by atoms with E-state index < -0.39 is 12.2 Å². The van der Waals surface area contributed by atoms with Crippen LogP contribution in [0.4, 0.5) is 0 Å². The second-order valence-electron chi connectivity index (χ2n) is 7.37. The van der Waals surface area contributed by atoms with Crippen LogP contribution in [0.5, 0.6) is 0 Å². The van der Waals surface area contributed by atoms with E-state index in [1.807, 2.05) is 27.7 Å². The third-order valence-corrected chi connectivity index (χ3v) is 4.66. The van der Waals surface area contributed by atoms with E-state index in [4.69, 9.17) is 9.47 Å². The molecule has 2 atom stereocenters. The fraction of sp³-hybridized carbons (Fsp3) is 0.889. The summed E-state index contributed by atoms with van der Waals surface area (Å²) in [4.78, 5) is 24.4. The molecule has 0 aromatic carbocycles. The van der Waals surface area contributed by atoms with E-state index in [1.165, 1.54) is 0 Å². The van der Waals surface area contributed by atoms with Gasteiger partial charge in [0, 0.05) is 26.3 Å². The Morgan fingerprint density at radius 2 is 1.04 bits per heavy atom. The van der Waals surface area contributed by atoms with Crippen molar-refractivity contribution in [3.05, 3.63) is 0 Å². The van der Waals surface area contributed by atoms with Gasteiger partial charge >= 0.3 is 0 Å². The molecule has 0 aliphatic heterocycles. The van der Waals surface area contributed by atoms with Gasteiger partial charge in [-0.1, -0.05) is 27.7 Å². The first kappa shape index (κ1) is 20.9. The Bertz CT molecular complexity index is 366. The molecule has 2 unspecified atom stereocenters. The summed E-state index contributed by atoms with van der Waals surface area (Å²) >= 11 is 0. The molecule has 0 aromatic rings. The molecule has 1 saturated carbocycles. The molecule has 2 N–H and O–H groups in total. The van der Waals surface area contributed by atoms with Crippen molar-refractivity contribution in [3.8, 4) is 0 Å². The van der Waals surface area contributed by atoms with Gasteiger partial charge in [0.05, 0.1) is 0 Å². The second kappa shape index (κ2) is 9.99. The summed E-state index contributed by atoms with van der Waals surface area (Å²) in [6.45, 7) is 7.89. The van der Waals surface area contributed by atoms with E-state index in [2.05, 4.69) is 10.6 Å². The molecule has 140 valence electrons. The van der Waals surface area contributed by atoms with E-state index in [1.54, 1.807) is 14.2 Å². The molecule has 0 radical (unpaired) electrons. The maximum Gasteiger partial charge on any atom is 0.249 e. The highest BCUT2D eigenvalue weighted by atomic mass is 16.5. The molecule has 1 aliphatic carbocycles. The molecule has 1 rings (SSSR count). The average Bonchev–Trinajstić information content (AvgIpc) is 2.49. The highest BCUT2D eigenvalue weighted by molar-refractivity contribution is 5.82. The van der Waals surface area contributed by atoms with Crippen molar-refractivity contribution in [3.63, 3.8) is 0 Å². The van der Waals surface area contributed by atoms with Crippen LogP contribution in [0.25, 0.3) is 0 Å². The maximum atomic E-state index is 12.2. The van der Waals surface area contributed by atoms with E-state index in [9.17, 15) is 9.59 Å². The van der Waals surface area contributed by atoms with Gasteiger partial charge in [0.2, 0.25) is 11.8 Å². The summed E-state index contributed by atoms with van der Waals surface area (Å²) in [5.41, 5.74) is 0. The van der Waals surface area contributed by atoms with E-state index in [0.717, 1.165) is 25.7 Å². The zero-order valence-electron chi connectivity index (χ0n) is 15.9. The fourth-order valence-corrected chi connectivity index (χ4v) is 3.31. The lowest BCUT2D eigenvalue weighted by Crippen LogP contribution is -2.49. The fourth-order valence-electron chi connectivity index (χ4n) is 3.31. The van der Waals surface area contributed by atoms with Crippen LogP contribution in [0.1, 0.15) is 53.4 Å². The van der Waals surface area contributed by atoms with Gasteiger partial charge in [0.1, 0.15) is 12.2 Å². The maximum absolute atomic E-state index is 12.2. The monoisotopic (exact) mass is 342 g/mol. The predicted octanol–water partition coefficient (Wildman–Crippen LogP) is 1.87. The van der Waals surface area contributed by atoms with Gasteiger partial charge in [-0.3, -0.25) is 9.59 Å². The van der Waals surface area contributed by atoms with Crippen LogP contribution in [0.15, 0.2) is 0 Å². The third-order valence-electron chi connectivity index (χ3n) is 4.66. The van der Waals surface area contributed by atoms with Crippen LogP contribution in [-0.2, 0) is 19.1 Å². The Morgan fingerprint density at radius 1 is 0.750 bits per heavy atom. The number of rotatable bonds is 8. The number of hydrogen-bond donors (Lipinski definition) is 2. The van der Waals surface area contributed by atoms with Crippen LogP contribution in [0.3, 0.4) is 0 Å². The standard InChI is InChI=1S/C18H34N2O4/c1-11(2)15(23-5)17(21)19-13-7-9-14(10-8-13)20-18(22)16(24-6)12(3)4/h11-16H,7-10H2,1-6H3,(H,19,21)(H,20,22). The minimum Gasteiger partial charge on any atom is -0.371 e. The van der Waals surface area contributed by atoms with Gasteiger partial charge in [-0.05, 0) is 37.5 Å². The van der Waals surface area contributed by atoms with E-state index in [0.29, 0.717) is 0 Å². The van der Waals surface area contributed by atoms with Crippen molar-refractivity contribution < 1.29 is 19.1 Å². The lowest BCUT2D eigenvalue weighted by atomic mass is 9.90. The van der Waals surface area contributed by atoms with Crippen LogP contribution in [-0.4, -0.2) is 50.3 Å². The normalized spacial score (nSPS) is 23.8. The Kier molecular flexibility index (Phi) is 8.70. The largest absolute Gasteiger partial charge is 0.371 e. The number of carbonyl (C=O) groups is 2. The number of methoxy groups -OCH3 is 2. The van der Waals surface area contributed by atoms with Crippen molar-refractivity contribution in [1.29, 1.82) is 0 Å². The molecule has 2 amide bonds. The number of ether oxygens (including phenoxy) is 2. The molecule has 6 nitrogen and oxygen atoms in total. The highest BCUT2D eigenvalue weighted by Crippen LogP contribution is 2.20. The minimum atomic E-state index is -0.407. The Labute approximate surface area is 146 Å². The molecular weight excluding hydrogens is 308 g/mol. The summed E-state index contributed by atoms with van der Waals surface area (Å²) in [6, 6.07) is 0.316. The highest BCUT2D eigenvalue weighted by Gasteiger charge is 2.29. The first-order chi connectivity index (χ1) is 11.3. The third kappa shape index (κ3) is 6.06. The van der Waals surface area contributed by atoms with Crippen LogP contribution >= 0.6 is 0 Å². The Hall–Kier alpha value is -1.14. The van der Waals surface area contributed by atoms with Crippen LogP contribution in [0.2, 0.25) is 0 Å². The van der Waals surface area contributed by atoms with Crippen molar-refractivity contribution in [1.82, 2.24) is 10.6 Å². The van der Waals surface area contributed by atoms with Crippen LogP contribution < -0.4 is 10.6 Å². The molecule has 0 saturated heterocycles. The lowest BCUT2D eigenvalue weighted by molar-refractivity contribution is -0.136. The molecule has 24 heavy (non-hydrogen) atoms. The SMILES string of the molecule is COC(C(=O)NC1CCC(NC(=O)C(OC)C(C)C)CC1)C(C)C. The zero-order chi connectivity index (χ0) is 18.3. The summed E-state index contributed by atoms with van der Waals surface area (Å²) in [5.74, 6) is 0.207. The molecular formula is C18H34N2O4. The zero-order valence-corrected chi connectivity index (χ0v) is 15.9. The van der Waals surface area contributed by atoms with Gasteiger partial charge in [0.15, 0.2) is 0 Å². The van der Waals surface area contributed by atoms with Crippen molar-refractivity contribution >= 4 is 11.8 Å². The topological polar surface area (TPSA) is 76.7 Å². The lowest BCUT2D eigenvalue weighted by Gasteiger charge is -2.32. The van der Waals surface area contributed by atoms with Gasteiger partial charge < -0.3 is 20.1 Å². The average molecular weight is 342 g/mol. The van der Waals surface area contributed by atoms with E-state index >= 15 is 0 Å². The molecule has 0 bridgehead atoms. The van der Waals surface area contributed by atoms with Crippen LogP contribution in [0, 0.1) is 11.8 Å². The summed E-state index contributed by atoms with van der Waals surface area (Å²) < 4.78 is 10.5. The number of hydrogen-bond acceptors (Lipinski definition) is 4. The first-order valence-corrected chi connectivity index (χ1v) is 8.96. The summed E-state index contributed by atoms with van der Waals surface area (Å²) in [5, 5.41) is 6.15. The summed E-state index contributed by atoms with van der Waals surface area (Å²) in [6.07, 6.45) is 2.65. The quantitative estimate of drug-likeness (QED) is 0.706. The van der Waals surface area contributed by atoms with Gasteiger partial charge in [-0.15, -0.1) is 0 Å². The Balaban J connectivity index is 2.41. The number of nitrogens with one attached hydrogen (secondary N) is 2. The predicted molar refractivity (Wildman–Crippen MR) is 93.6 cm³/mol. The minimum absolute atomic E-state index is 0.0424. The Morgan fingerprint density at radius 3 is 1.25 bits per heavy atom. The van der Waals surface area contributed by atoms with Crippen molar-refractivity contribution in [2.24, 2.45) is 11.8 Å². The van der Waals surface area contributed by atoms with Gasteiger partial charge in [-0.2, -0.15) is 0 Å². The number of carbonyl (C=O) groups excluding carboxylic acids is 2. The smallest absolute Gasteiger partial charge is 0.249 e. The molecule has 6 heteroatoms. The molecule has 0 aromatic heterocycles. The summed E-state index contributed by atoms with van der Waals surface area (Å²) in [7, 11) is 3.13. The molecule has 0 heterocycles. The van der Waals surface area contributed by atoms with Gasteiger partial charge in [-0.25, -0.2) is 0 Å². The van der Waals surface area contributed by atoms with E-state index in [-0.39, 0.29) is 35.7 Å². The second-order valence-corrected chi connectivity index (χ2v) is 7.37. The first-order valence-electron chi connectivity index (χ1n) is 8.96. The molecule has 1 fully saturated rings. The molecule has 0 spiro atoms. The number of amides is 2. The van der Waals surface area contributed by atoms with Crippen molar-refractivity contribution in [2.45, 2.75) is 77.7 Å².